The second kappa shape index (κ2) is 5.51. The molecule has 2 aliphatic rings. The zero-order valence-corrected chi connectivity index (χ0v) is 11.7. The van der Waals surface area contributed by atoms with Gasteiger partial charge in [0.05, 0.1) is 6.61 Å². The van der Waals surface area contributed by atoms with Gasteiger partial charge in [0.1, 0.15) is 5.75 Å². The Morgan fingerprint density at radius 1 is 1.32 bits per heavy atom. The zero-order valence-electron chi connectivity index (χ0n) is 11.7. The van der Waals surface area contributed by atoms with Crippen LogP contribution < -0.4 is 10.5 Å². The highest BCUT2D eigenvalue weighted by atomic mass is 16.5. The van der Waals surface area contributed by atoms with Gasteiger partial charge in [-0.2, -0.15) is 0 Å². The Bertz CT molecular complexity index is 435. The Morgan fingerprint density at radius 2 is 2.16 bits per heavy atom. The summed E-state index contributed by atoms with van der Waals surface area (Å²) in [5, 5.41) is 0. The second-order valence-electron chi connectivity index (χ2n) is 5.95. The van der Waals surface area contributed by atoms with Gasteiger partial charge in [0, 0.05) is 24.6 Å². The van der Waals surface area contributed by atoms with Gasteiger partial charge in [-0.3, -0.25) is 4.90 Å². The topological polar surface area (TPSA) is 38.5 Å². The van der Waals surface area contributed by atoms with Crippen molar-refractivity contribution in [1.82, 2.24) is 4.90 Å². The van der Waals surface area contributed by atoms with E-state index < -0.39 is 0 Å². The average Bonchev–Trinajstić information content (AvgIpc) is 2.47. The normalized spacial score (nSPS) is 31.6. The molecular formula is C16H24N2O. The Kier molecular flexibility index (Phi) is 3.76. The molecular weight excluding hydrogens is 236 g/mol. The van der Waals surface area contributed by atoms with Gasteiger partial charge in [-0.1, -0.05) is 25.1 Å². The molecule has 1 fully saturated rings. The maximum absolute atomic E-state index is 5.93. The van der Waals surface area contributed by atoms with Crippen molar-refractivity contribution in [3.63, 3.8) is 0 Å². The van der Waals surface area contributed by atoms with Crippen molar-refractivity contribution in [2.45, 2.75) is 25.8 Å². The van der Waals surface area contributed by atoms with Crippen LogP contribution in [0.3, 0.4) is 0 Å². The molecule has 1 aromatic rings. The summed E-state index contributed by atoms with van der Waals surface area (Å²) < 4.78 is 5.77. The first-order valence-corrected chi connectivity index (χ1v) is 7.45. The number of nitrogens with zero attached hydrogens (tertiary/aromatic N) is 1. The lowest BCUT2D eigenvalue weighted by molar-refractivity contribution is 0.0684. The molecule has 2 aliphatic heterocycles. The van der Waals surface area contributed by atoms with Gasteiger partial charge in [-0.25, -0.2) is 0 Å². The molecule has 2 heterocycles. The van der Waals surface area contributed by atoms with Crippen LogP contribution in [0.4, 0.5) is 0 Å². The summed E-state index contributed by atoms with van der Waals surface area (Å²) in [7, 11) is 0. The number of hydrogen-bond acceptors (Lipinski definition) is 3. The molecule has 0 radical (unpaired) electrons. The first-order valence-electron chi connectivity index (χ1n) is 7.45. The minimum Gasteiger partial charge on any atom is -0.493 e. The van der Waals surface area contributed by atoms with Gasteiger partial charge < -0.3 is 10.5 Å². The summed E-state index contributed by atoms with van der Waals surface area (Å²) >= 11 is 0. The van der Waals surface area contributed by atoms with Crippen LogP contribution in [0.15, 0.2) is 24.3 Å². The van der Waals surface area contributed by atoms with Crippen LogP contribution in [0, 0.1) is 11.8 Å². The highest BCUT2D eigenvalue weighted by molar-refractivity contribution is 5.37. The smallest absolute Gasteiger partial charge is 0.124 e. The predicted octanol–water partition coefficient (Wildman–Crippen LogP) is 2.43. The molecule has 3 rings (SSSR count). The first kappa shape index (κ1) is 12.9. The molecule has 19 heavy (non-hydrogen) atoms. The van der Waals surface area contributed by atoms with Crippen LogP contribution in [0.5, 0.6) is 5.75 Å². The van der Waals surface area contributed by atoms with E-state index in [-0.39, 0.29) is 0 Å². The molecule has 0 aliphatic carbocycles. The number of likely N-dealkylation sites (tertiary alicyclic amines) is 1. The fourth-order valence-corrected chi connectivity index (χ4v) is 3.47. The van der Waals surface area contributed by atoms with E-state index >= 15 is 0 Å². The number of hydrogen-bond donors (Lipinski definition) is 1. The highest BCUT2D eigenvalue weighted by Crippen LogP contribution is 2.38. The molecule has 3 unspecified atom stereocenters. The number of rotatable bonds is 2. The monoisotopic (exact) mass is 260 g/mol. The number of piperidine rings is 1. The zero-order chi connectivity index (χ0) is 13.2. The molecule has 3 nitrogen and oxygen atoms in total. The molecule has 1 saturated heterocycles. The van der Waals surface area contributed by atoms with Crippen molar-refractivity contribution >= 4 is 0 Å². The largest absolute Gasteiger partial charge is 0.493 e. The number of nitrogens with two attached hydrogens (primary N) is 1. The Hall–Kier alpha value is -1.06. The van der Waals surface area contributed by atoms with Crippen LogP contribution >= 0.6 is 0 Å². The van der Waals surface area contributed by atoms with E-state index in [1.807, 2.05) is 0 Å². The molecule has 0 spiro atoms. The third kappa shape index (κ3) is 2.49. The maximum Gasteiger partial charge on any atom is 0.124 e. The van der Waals surface area contributed by atoms with E-state index in [2.05, 4.69) is 36.1 Å². The van der Waals surface area contributed by atoms with Gasteiger partial charge in [0.15, 0.2) is 0 Å². The molecule has 0 amide bonds. The van der Waals surface area contributed by atoms with Gasteiger partial charge in [0.25, 0.3) is 0 Å². The lowest BCUT2D eigenvalue weighted by Gasteiger charge is -2.42. The molecule has 0 bridgehead atoms. The molecule has 104 valence electrons. The molecule has 1 aromatic carbocycles. The van der Waals surface area contributed by atoms with Crippen LogP contribution in [-0.4, -0.2) is 31.1 Å². The highest BCUT2D eigenvalue weighted by Gasteiger charge is 2.32. The van der Waals surface area contributed by atoms with Crippen LogP contribution in [-0.2, 0) is 0 Å². The van der Waals surface area contributed by atoms with Gasteiger partial charge in [-0.15, -0.1) is 0 Å². The van der Waals surface area contributed by atoms with Crippen molar-refractivity contribution in [3.8, 4) is 5.75 Å². The number of fused-ring (bicyclic) bond motifs is 1. The summed E-state index contributed by atoms with van der Waals surface area (Å²) in [5.74, 6) is 2.47. The van der Waals surface area contributed by atoms with E-state index in [4.69, 9.17) is 10.5 Å². The van der Waals surface area contributed by atoms with Crippen LogP contribution in [0.1, 0.15) is 31.4 Å². The molecule has 3 atom stereocenters. The lowest BCUT2D eigenvalue weighted by Crippen LogP contribution is -2.45. The third-order valence-electron chi connectivity index (χ3n) is 4.82. The van der Waals surface area contributed by atoms with Crippen molar-refractivity contribution in [2.24, 2.45) is 17.6 Å². The molecule has 2 N–H and O–H groups in total. The first-order chi connectivity index (χ1) is 9.29. The summed E-state index contributed by atoms with van der Waals surface area (Å²) in [5.41, 5.74) is 7.29. The van der Waals surface area contributed by atoms with E-state index in [0.29, 0.717) is 12.0 Å². The summed E-state index contributed by atoms with van der Waals surface area (Å²) in [6.07, 6.45) is 2.37. The Labute approximate surface area is 115 Å². The van der Waals surface area contributed by atoms with Gasteiger partial charge in [0.2, 0.25) is 0 Å². The standard InChI is InChI=1S/C16H24N2O/c1-12-6-8-18(11-13(12)10-17)15-7-9-19-16-5-3-2-4-14(15)16/h2-5,12-13,15H,6-11,17H2,1H3. The summed E-state index contributed by atoms with van der Waals surface area (Å²) in [6, 6.07) is 9.00. The number of para-hydroxylation sites is 1. The van der Waals surface area contributed by atoms with Gasteiger partial charge in [-0.05, 0) is 37.4 Å². The van der Waals surface area contributed by atoms with E-state index in [1.165, 1.54) is 18.5 Å². The Balaban J connectivity index is 1.80. The molecule has 0 saturated carbocycles. The average molecular weight is 260 g/mol. The van der Waals surface area contributed by atoms with E-state index in [1.54, 1.807) is 0 Å². The van der Waals surface area contributed by atoms with E-state index in [9.17, 15) is 0 Å². The maximum atomic E-state index is 5.93. The van der Waals surface area contributed by atoms with Crippen molar-refractivity contribution < 1.29 is 4.74 Å². The molecule has 3 heteroatoms. The van der Waals surface area contributed by atoms with Crippen LogP contribution in [0.2, 0.25) is 0 Å². The quantitative estimate of drug-likeness (QED) is 0.887. The fourth-order valence-electron chi connectivity index (χ4n) is 3.47. The number of ether oxygens (including phenoxy) is 1. The summed E-state index contributed by atoms with van der Waals surface area (Å²) in [4.78, 5) is 2.62. The molecule has 0 aromatic heterocycles. The third-order valence-corrected chi connectivity index (χ3v) is 4.82. The van der Waals surface area contributed by atoms with Crippen LogP contribution in [0.25, 0.3) is 0 Å². The second-order valence-corrected chi connectivity index (χ2v) is 5.95. The Morgan fingerprint density at radius 3 is 3.00 bits per heavy atom. The minimum absolute atomic E-state index is 0.520. The SMILES string of the molecule is CC1CCN(C2CCOc3ccccc32)CC1CN. The van der Waals surface area contributed by atoms with Gasteiger partial charge >= 0.3 is 0 Å². The predicted molar refractivity (Wildman–Crippen MR) is 77.2 cm³/mol. The minimum atomic E-state index is 0.520. The summed E-state index contributed by atoms with van der Waals surface area (Å²) in [6.45, 7) is 6.31. The van der Waals surface area contributed by atoms with Crippen molar-refractivity contribution in [1.29, 1.82) is 0 Å². The lowest BCUT2D eigenvalue weighted by atomic mass is 9.85. The van der Waals surface area contributed by atoms with Crippen molar-refractivity contribution in [3.05, 3.63) is 29.8 Å². The van der Waals surface area contributed by atoms with Crippen molar-refractivity contribution in [2.75, 3.05) is 26.2 Å². The van der Waals surface area contributed by atoms with E-state index in [0.717, 1.165) is 37.8 Å². The number of benzene rings is 1. The fraction of sp³-hybridized carbons (Fsp3) is 0.625.